The van der Waals surface area contributed by atoms with E-state index >= 15 is 0 Å². The lowest BCUT2D eigenvalue weighted by atomic mass is 9.90. The van der Waals surface area contributed by atoms with Crippen molar-refractivity contribution in [1.82, 2.24) is 10.2 Å². The summed E-state index contributed by atoms with van der Waals surface area (Å²) in [5, 5.41) is 12.1. The molecule has 4 aliphatic rings. The van der Waals surface area contributed by atoms with Crippen molar-refractivity contribution >= 4 is 35.8 Å². The summed E-state index contributed by atoms with van der Waals surface area (Å²) in [5.74, 6) is -3.79. The second kappa shape index (κ2) is 16.5. The van der Waals surface area contributed by atoms with Gasteiger partial charge in [-0.15, -0.1) is 0 Å². The fraction of sp³-hybridized carbons (Fsp3) is 0.386. The van der Waals surface area contributed by atoms with E-state index in [2.05, 4.69) is 5.32 Å². The minimum atomic E-state index is -1.01. The molecular formula is C44H46N2O11. The smallest absolute Gasteiger partial charge is 0.348 e. The van der Waals surface area contributed by atoms with Gasteiger partial charge in [-0.05, 0) is 46.5 Å². The average molecular weight is 779 g/mol. The molecule has 1 spiro atoms. The van der Waals surface area contributed by atoms with Gasteiger partial charge in [0.2, 0.25) is 17.9 Å². The molecule has 2 fully saturated rings. The van der Waals surface area contributed by atoms with Gasteiger partial charge >= 0.3 is 17.9 Å². The molecule has 2 amide bonds. The van der Waals surface area contributed by atoms with E-state index in [-0.39, 0.29) is 38.2 Å². The molecule has 298 valence electrons. The van der Waals surface area contributed by atoms with Crippen molar-refractivity contribution in [3.05, 3.63) is 124 Å². The highest BCUT2D eigenvalue weighted by molar-refractivity contribution is 5.97. The van der Waals surface area contributed by atoms with Crippen LogP contribution in [0.2, 0.25) is 0 Å². The molecule has 2 saturated heterocycles. The van der Waals surface area contributed by atoms with Gasteiger partial charge in [-0.2, -0.15) is 0 Å². The van der Waals surface area contributed by atoms with Gasteiger partial charge in [0.15, 0.2) is 5.79 Å². The summed E-state index contributed by atoms with van der Waals surface area (Å²) in [4.78, 5) is 67.3. The van der Waals surface area contributed by atoms with Gasteiger partial charge < -0.3 is 39.0 Å². The number of esters is 3. The zero-order valence-electron chi connectivity index (χ0n) is 32.1. The van der Waals surface area contributed by atoms with E-state index in [9.17, 15) is 29.1 Å². The maximum atomic E-state index is 14.3. The monoisotopic (exact) mass is 778 g/mol. The van der Waals surface area contributed by atoms with E-state index in [0.29, 0.717) is 24.0 Å². The molecule has 0 bridgehead atoms. The molecule has 7 rings (SSSR count). The fourth-order valence-electron chi connectivity index (χ4n) is 7.75. The number of carbonyl (C=O) groups excluding carboxylic acids is 5. The molecule has 2 N–H and O–H groups in total. The van der Waals surface area contributed by atoms with E-state index in [1.165, 1.54) is 17.1 Å². The fourth-order valence-corrected chi connectivity index (χ4v) is 7.75. The highest BCUT2D eigenvalue weighted by atomic mass is 16.8. The Morgan fingerprint density at radius 2 is 1.63 bits per heavy atom. The number of aliphatic hydroxyl groups excluding tert-OH is 1. The van der Waals surface area contributed by atoms with E-state index in [0.717, 1.165) is 16.7 Å². The van der Waals surface area contributed by atoms with Crippen LogP contribution in [0.5, 0.6) is 0 Å². The van der Waals surface area contributed by atoms with Crippen LogP contribution in [-0.4, -0.2) is 103 Å². The first-order valence-corrected chi connectivity index (χ1v) is 19.0. The predicted molar refractivity (Wildman–Crippen MR) is 205 cm³/mol. The Balaban J connectivity index is 1.08. The van der Waals surface area contributed by atoms with Crippen molar-refractivity contribution in [2.24, 2.45) is 5.41 Å². The van der Waals surface area contributed by atoms with Gasteiger partial charge in [-0.1, -0.05) is 80.6 Å². The second-order valence-corrected chi connectivity index (χ2v) is 15.5. The number of ether oxygens (including phenoxy) is 5. The number of carbonyl (C=O) groups is 5. The number of fused-ring (bicyclic) bond motifs is 2. The van der Waals surface area contributed by atoms with Crippen molar-refractivity contribution < 1.29 is 52.8 Å². The Morgan fingerprint density at radius 1 is 0.947 bits per heavy atom. The molecule has 0 aromatic heterocycles. The number of likely N-dealkylation sites (N-methyl/N-ethyl adjacent to an activating group) is 1. The zero-order valence-corrected chi connectivity index (χ0v) is 32.1. The number of amides is 2. The number of rotatable bonds is 12. The number of benzene rings is 3. The Kier molecular flexibility index (Phi) is 11.4. The van der Waals surface area contributed by atoms with Crippen LogP contribution in [0.1, 0.15) is 52.9 Å². The Hall–Kier alpha value is -5.63. The Morgan fingerprint density at radius 3 is 2.28 bits per heavy atom. The lowest BCUT2D eigenvalue weighted by Gasteiger charge is -2.33. The molecule has 3 aromatic rings. The number of nitrogens with zero attached hydrogens (tertiary/aromatic N) is 1. The summed E-state index contributed by atoms with van der Waals surface area (Å²) in [6.45, 7) is 3.50. The summed E-state index contributed by atoms with van der Waals surface area (Å²) in [5.41, 5.74) is 3.53. The van der Waals surface area contributed by atoms with Crippen molar-refractivity contribution in [2.45, 2.75) is 75.8 Å². The number of hydrogen-bond donors (Lipinski definition) is 2. The van der Waals surface area contributed by atoms with Gasteiger partial charge in [-0.25, -0.2) is 14.4 Å². The standard InChI is InChI=1S/C44H46N2O11/c1-43(2)26-53-42(52)38(43)55-36(48)18-15-27-13-16-29(17-14-27)41(51)54-34-22-32(23-35-37(34)57-44(56-35)24-30-11-7-8-12-31(30)25-44)40(50)46(3)33(39(49)45-19-20-47)21-28-9-5-4-6-10-28/h4-18,23,33-35,37-38,47H,19-22,24-26H2,1-3H3,(H,45,49). The molecule has 0 radical (unpaired) electrons. The average Bonchev–Trinajstić information content (AvgIpc) is 3.85. The number of nitrogens with one attached hydrogen (secondary N) is 1. The molecule has 13 nitrogen and oxygen atoms in total. The third kappa shape index (κ3) is 8.70. The zero-order chi connectivity index (χ0) is 40.3. The van der Waals surface area contributed by atoms with E-state index < -0.39 is 71.4 Å². The highest BCUT2D eigenvalue weighted by Crippen LogP contribution is 2.45. The SMILES string of the molecule is CN(C(=O)C1=CC2OC3(Cc4ccccc4C3)OC2C(OC(=O)c2ccc(C=CC(=O)OC3C(=O)OCC3(C)C)cc2)C1)C(Cc1ccccc1)C(=O)NCCO. The summed E-state index contributed by atoms with van der Waals surface area (Å²) >= 11 is 0. The molecule has 2 aliphatic heterocycles. The molecule has 5 atom stereocenters. The third-order valence-corrected chi connectivity index (χ3v) is 10.8. The molecular weight excluding hydrogens is 732 g/mol. The maximum absolute atomic E-state index is 14.3. The summed E-state index contributed by atoms with van der Waals surface area (Å²) in [7, 11) is 1.56. The topological polar surface area (TPSA) is 167 Å². The first-order valence-electron chi connectivity index (χ1n) is 19.0. The molecule has 0 saturated carbocycles. The van der Waals surface area contributed by atoms with Gasteiger partial charge in [0.25, 0.3) is 0 Å². The first kappa shape index (κ1) is 39.6. The lowest BCUT2D eigenvalue weighted by Crippen LogP contribution is -2.51. The number of hydrogen-bond acceptors (Lipinski definition) is 11. The summed E-state index contributed by atoms with van der Waals surface area (Å²) < 4.78 is 29.8. The van der Waals surface area contributed by atoms with Crippen molar-refractivity contribution in [3.8, 4) is 0 Å². The van der Waals surface area contributed by atoms with Crippen LogP contribution in [0, 0.1) is 5.41 Å². The summed E-state index contributed by atoms with van der Waals surface area (Å²) in [6.07, 6.45) is 2.29. The first-order chi connectivity index (χ1) is 27.3. The van der Waals surface area contributed by atoms with Crippen molar-refractivity contribution in [1.29, 1.82) is 0 Å². The molecule has 57 heavy (non-hydrogen) atoms. The second-order valence-electron chi connectivity index (χ2n) is 15.5. The van der Waals surface area contributed by atoms with Crippen LogP contribution in [-0.2, 0) is 62.1 Å². The van der Waals surface area contributed by atoms with E-state index in [1.807, 2.05) is 54.6 Å². The van der Waals surface area contributed by atoms with E-state index in [1.54, 1.807) is 51.2 Å². The van der Waals surface area contributed by atoms with Gasteiger partial charge in [0.05, 0.1) is 12.2 Å². The molecule has 3 aromatic carbocycles. The summed E-state index contributed by atoms with van der Waals surface area (Å²) in [6, 6.07) is 22.8. The molecule has 13 heteroatoms. The lowest BCUT2D eigenvalue weighted by molar-refractivity contribution is -0.172. The predicted octanol–water partition coefficient (Wildman–Crippen LogP) is 3.51. The van der Waals surface area contributed by atoms with Crippen molar-refractivity contribution in [2.75, 3.05) is 26.8 Å². The normalized spacial score (nSPS) is 23.2. The van der Waals surface area contributed by atoms with Crippen LogP contribution in [0.3, 0.4) is 0 Å². The third-order valence-electron chi connectivity index (χ3n) is 10.8. The van der Waals surface area contributed by atoms with Crippen LogP contribution < -0.4 is 5.32 Å². The number of aliphatic hydroxyl groups is 1. The van der Waals surface area contributed by atoms with Crippen LogP contribution >= 0.6 is 0 Å². The minimum absolute atomic E-state index is 0.00700. The molecule has 5 unspecified atom stereocenters. The Labute approximate surface area is 330 Å². The molecule has 2 aliphatic carbocycles. The van der Waals surface area contributed by atoms with Crippen LogP contribution in [0.15, 0.2) is 96.6 Å². The largest absolute Gasteiger partial charge is 0.462 e. The van der Waals surface area contributed by atoms with Crippen molar-refractivity contribution in [3.63, 3.8) is 0 Å². The maximum Gasteiger partial charge on any atom is 0.348 e. The highest BCUT2D eigenvalue weighted by Gasteiger charge is 2.55. The van der Waals surface area contributed by atoms with Gasteiger partial charge in [0, 0.05) is 56.3 Å². The Bertz CT molecular complexity index is 2050. The van der Waals surface area contributed by atoms with Crippen LogP contribution in [0.25, 0.3) is 6.08 Å². The van der Waals surface area contributed by atoms with E-state index in [4.69, 9.17) is 23.7 Å². The molecule has 2 heterocycles. The van der Waals surface area contributed by atoms with Gasteiger partial charge in [0.1, 0.15) is 31.0 Å². The number of cyclic esters (lactones) is 1. The van der Waals surface area contributed by atoms with Gasteiger partial charge in [-0.3, -0.25) is 9.59 Å². The quantitative estimate of drug-likeness (QED) is 0.157. The minimum Gasteiger partial charge on any atom is -0.462 e. The van der Waals surface area contributed by atoms with Crippen LogP contribution in [0.4, 0.5) is 0 Å².